The maximum Gasteiger partial charge on any atom is 0.281 e. The number of rotatable bonds is 4. The van der Waals surface area contributed by atoms with Gasteiger partial charge < -0.3 is 5.73 Å². The van der Waals surface area contributed by atoms with Crippen LogP contribution in [0.4, 0.5) is 5.82 Å². The van der Waals surface area contributed by atoms with Crippen LogP contribution in [0.1, 0.15) is 42.4 Å². The van der Waals surface area contributed by atoms with Gasteiger partial charge in [-0.2, -0.15) is 8.42 Å². The van der Waals surface area contributed by atoms with Gasteiger partial charge >= 0.3 is 0 Å². The number of hydrogen-bond donors (Lipinski definition) is 2. The standard InChI is InChI=1S/C22H24N4O3S/c1-14-7-5-8-15(13-14)20-16(11-12-17(24-20)22(2,3)4)21(27)26-30(28,29)19-10-6-9-18(23)25-19/h5-13H,1-4H3,(H2,23,25)(H,26,27). The van der Waals surface area contributed by atoms with Gasteiger partial charge in [0.05, 0.1) is 11.3 Å². The molecule has 156 valence electrons. The van der Waals surface area contributed by atoms with E-state index in [1.165, 1.54) is 18.2 Å². The topological polar surface area (TPSA) is 115 Å². The fourth-order valence-corrected chi connectivity index (χ4v) is 3.82. The highest BCUT2D eigenvalue weighted by molar-refractivity contribution is 7.90. The van der Waals surface area contributed by atoms with E-state index in [1.54, 1.807) is 12.1 Å². The SMILES string of the molecule is Cc1cccc(-c2nc(C(C)(C)C)ccc2C(=O)NS(=O)(=O)c2cccc(N)n2)c1. The molecule has 0 radical (unpaired) electrons. The molecule has 1 amide bonds. The number of hydrogen-bond acceptors (Lipinski definition) is 6. The van der Waals surface area contributed by atoms with Crippen LogP contribution in [-0.2, 0) is 15.4 Å². The monoisotopic (exact) mass is 424 g/mol. The van der Waals surface area contributed by atoms with Gasteiger partial charge in [0.2, 0.25) is 0 Å². The summed E-state index contributed by atoms with van der Waals surface area (Å²) in [6.07, 6.45) is 0. The molecule has 0 aliphatic heterocycles. The molecule has 0 saturated heterocycles. The van der Waals surface area contributed by atoms with E-state index in [-0.39, 0.29) is 21.8 Å². The van der Waals surface area contributed by atoms with Crippen LogP contribution < -0.4 is 10.5 Å². The summed E-state index contributed by atoms with van der Waals surface area (Å²) in [5.41, 5.74) is 8.41. The average Bonchev–Trinajstić information content (AvgIpc) is 2.66. The summed E-state index contributed by atoms with van der Waals surface area (Å²) < 4.78 is 27.3. The van der Waals surface area contributed by atoms with Crippen LogP contribution in [-0.4, -0.2) is 24.3 Å². The Bertz CT molecular complexity index is 1220. The summed E-state index contributed by atoms with van der Waals surface area (Å²) in [5, 5.41) is -0.327. The van der Waals surface area contributed by atoms with Crippen molar-refractivity contribution in [3.05, 3.63) is 71.4 Å². The molecule has 7 nitrogen and oxygen atoms in total. The van der Waals surface area contributed by atoms with E-state index < -0.39 is 15.9 Å². The van der Waals surface area contributed by atoms with E-state index in [1.807, 2.05) is 52.0 Å². The summed E-state index contributed by atoms with van der Waals surface area (Å²) in [6, 6.07) is 15.1. The average molecular weight is 425 g/mol. The van der Waals surface area contributed by atoms with Gasteiger partial charge in [-0.05, 0) is 37.3 Å². The lowest BCUT2D eigenvalue weighted by molar-refractivity contribution is 0.0981. The smallest absolute Gasteiger partial charge is 0.281 e. The zero-order valence-corrected chi connectivity index (χ0v) is 18.1. The molecule has 0 bridgehead atoms. The van der Waals surface area contributed by atoms with E-state index in [0.717, 1.165) is 16.8 Å². The van der Waals surface area contributed by atoms with E-state index in [9.17, 15) is 13.2 Å². The van der Waals surface area contributed by atoms with Gasteiger partial charge in [-0.3, -0.25) is 9.78 Å². The Hall–Kier alpha value is -3.26. The number of nitrogens with zero attached hydrogens (tertiary/aromatic N) is 2. The van der Waals surface area contributed by atoms with Crippen molar-refractivity contribution >= 4 is 21.7 Å². The van der Waals surface area contributed by atoms with Gasteiger partial charge in [-0.1, -0.05) is 50.6 Å². The van der Waals surface area contributed by atoms with Crippen molar-refractivity contribution < 1.29 is 13.2 Å². The minimum Gasteiger partial charge on any atom is -0.384 e. The van der Waals surface area contributed by atoms with Gasteiger partial charge in [0, 0.05) is 16.7 Å². The zero-order chi connectivity index (χ0) is 22.1. The highest BCUT2D eigenvalue weighted by Crippen LogP contribution is 2.28. The molecular weight excluding hydrogens is 400 g/mol. The molecule has 0 fully saturated rings. The highest BCUT2D eigenvalue weighted by Gasteiger charge is 2.25. The van der Waals surface area contributed by atoms with E-state index in [4.69, 9.17) is 10.7 Å². The number of pyridine rings is 2. The third-order valence-electron chi connectivity index (χ3n) is 4.45. The Balaban J connectivity index is 2.07. The van der Waals surface area contributed by atoms with Crippen LogP contribution in [0.15, 0.2) is 59.6 Å². The molecule has 8 heteroatoms. The fourth-order valence-electron chi connectivity index (χ4n) is 2.88. The Morgan fingerprint density at radius 1 is 1.00 bits per heavy atom. The van der Waals surface area contributed by atoms with Crippen molar-refractivity contribution in [2.45, 2.75) is 38.1 Å². The second-order valence-corrected chi connectivity index (χ2v) is 9.68. The van der Waals surface area contributed by atoms with Crippen LogP contribution in [0.3, 0.4) is 0 Å². The molecule has 0 aliphatic carbocycles. The minimum absolute atomic E-state index is 0.0435. The van der Waals surface area contributed by atoms with Crippen molar-refractivity contribution in [3.63, 3.8) is 0 Å². The first-order valence-corrected chi connectivity index (χ1v) is 10.8. The lowest BCUT2D eigenvalue weighted by Crippen LogP contribution is -2.32. The van der Waals surface area contributed by atoms with Gasteiger partial charge in [0.1, 0.15) is 5.82 Å². The molecule has 0 spiro atoms. The van der Waals surface area contributed by atoms with Crippen molar-refractivity contribution in [1.29, 1.82) is 0 Å². The minimum atomic E-state index is -4.19. The van der Waals surface area contributed by atoms with Crippen LogP contribution in [0.2, 0.25) is 0 Å². The van der Waals surface area contributed by atoms with Gasteiger partial charge in [0.15, 0.2) is 5.03 Å². The lowest BCUT2D eigenvalue weighted by Gasteiger charge is -2.20. The molecule has 0 saturated carbocycles. The molecule has 2 aromatic heterocycles. The Morgan fingerprint density at radius 3 is 2.33 bits per heavy atom. The first kappa shape index (κ1) is 21.4. The van der Waals surface area contributed by atoms with Crippen molar-refractivity contribution in [2.24, 2.45) is 0 Å². The van der Waals surface area contributed by atoms with Gasteiger partial charge in [0.25, 0.3) is 15.9 Å². The van der Waals surface area contributed by atoms with E-state index in [2.05, 4.69) is 9.71 Å². The Labute approximate surface area is 176 Å². The summed E-state index contributed by atoms with van der Waals surface area (Å²) in [4.78, 5) is 21.5. The Kier molecular flexibility index (Phi) is 5.63. The fraction of sp³-hybridized carbons (Fsp3) is 0.227. The lowest BCUT2D eigenvalue weighted by atomic mass is 9.90. The van der Waals surface area contributed by atoms with Gasteiger partial charge in [-0.15, -0.1) is 0 Å². The van der Waals surface area contributed by atoms with Crippen molar-refractivity contribution in [3.8, 4) is 11.3 Å². The normalized spacial score (nSPS) is 11.9. The zero-order valence-electron chi connectivity index (χ0n) is 17.3. The summed E-state index contributed by atoms with van der Waals surface area (Å²) in [5.74, 6) is -0.745. The second-order valence-electron chi connectivity index (χ2n) is 8.05. The van der Waals surface area contributed by atoms with Crippen molar-refractivity contribution in [2.75, 3.05) is 5.73 Å². The quantitative estimate of drug-likeness (QED) is 0.663. The van der Waals surface area contributed by atoms with Crippen LogP contribution in [0.5, 0.6) is 0 Å². The van der Waals surface area contributed by atoms with Crippen LogP contribution >= 0.6 is 0 Å². The highest BCUT2D eigenvalue weighted by atomic mass is 32.2. The summed E-state index contributed by atoms with van der Waals surface area (Å²) in [6.45, 7) is 7.99. The maximum absolute atomic E-state index is 13.0. The first-order chi connectivity index (χ1) is 14.0. The predicted octanol–water partition coefficient (Wildman–Crippen LogP) is 3.45. The number of aromatic nitrogens is 2. The molecule has 0 unspecified atom stereocenters. The number of benzene rings is 1. The molecular formula is C22H24N4O3S. The number of aryl methyl sites for hydroxylation is 1. The third-order valence-corrected chi connectivity index (χ3v) is 5.68. The maximum atomic E-state index is 13.0. The van der Waals surface area contributed by atoms with Crippen LogP contribution in [0.25, 0.3) is 11.3 Å². The van der Waals surface area contributed by atoms with Gasteiger partial charge in [-0.25, -0.2) is 9.71 Å². The number of nitrogens with one attached hydrogen (secondary N) is 1. The number of nitrogen functional groups attached to an aromatic ring is 1. The van der Waals surface area contributed by atoms with E-state index >= 15 is 0 Å². The molecule has 2 heterocycles. The number of carbonyl (C=O) groups excluding carboxylic acids is 1. The predicted molar refractivity (Wildman–Crippen MR) is 116 cm³/mol. The molecule has 30 heavy (non-hydrogen) atoms. The molecule has 1 aromatic carbocycles. The second kappa shape index (κ2) is 7.87. The Morgan fingerprint density at radius 2 is 1.70 bits per heavy atom. The molecule has 3 rings (SSSR count). The number of amides is 1. The summed E-state index contributed by atoms with van der Waals surface area (Å²) in [7, 11) is -4.19. The largest absolute Gasteiger partial charge is 0.384 e. The summed E-state index contributed by atoms with van der Waals surface area (Å²) >= 11 is 0. The molecule has 3 N–H and O–H groups in total. The van der Waals surface area contributed by atoms with E-state index in [0.29, 0.717) is 5.69 Å². The first-order valence-electron chi connectivity index (χ1n) is 9.35. The number of nitrogens with two attached hydrogens (primary N) is 1. The number of sulfonamides is 1. The third kappa shape index (κ3) is 4.65. The number of carbonyl (C=O) groups is 1. The number of anilines is 1. The van der Waals surface area contributed by atoms with Crippen molar-refractivity contribution in [1.82, 2.24) is 14.7 Å². The molecule has 0 aliphatic rings. The molecule has 3 aromatic rings. The van der Waals surface area contributed by atoms with Crippen LogP contribution in [0, 0.1) is 6.92 Å². The molecule has 0 atom stereocenters.